The van der Waals surface area contributed by atoms with Gasteiger partial charge in [0.05, 0.1) is 15.8 Å². The van der Waals surface area contributed by atoms with E-state index in [0.29, 0.717) is 17.8 Å². The van der Waals surface area contributed by atoms with E-state index in [1.165, 1.54) is 30.8 Å². The number of carboxylic acids is 1. The number of amides is 2. The van der Waals surface area contributed by atoms with Crippen LogP contribution in [0.15, 0.2) is 47.4 Å². The zero-order valence-electron chi connectivity index (χ0n) is 14.8. The molecule has 142 valence electrons. The maximum absolute atomic E-state index is 12.6. The van der Waals surface area contributed by atoms with Crippen LogP contribution in [0.4, 0.5) is 11.4 Å². The first-order valence-electron chi connectivity index (χ1n) is 8.18. The molecule has 0 aliphatic heterocycles. The molecule has 2 aromatic rings. The van der Waals surface area contributed by atoms with E-state index in [0.717, 1.165) is 4.90 Å². The van der Waals surface area contributed by atoms with Gasteiger partial charge in [-0.1, -0.05) is 24.6 Å². The first kappa shape index (κ1) is 20.8. The minimum Gasteiger partial charge on any atom is -0.478 e. The summed E-state index contributed by atoms with van der Waals surface area (Å²) >= 11 is 7.21. The van der Waals surface area contributed by atoms with Gasteiger partial charge in [0.25, 0.3) is 0 Å². The third kappa shape index (κ3) is 6.01. The molecule has 1 atom stereocenters. The summed E-state index contributed by atoms with van der Waals surface area (Å²) < 4.78 is 0. The smallest absolute Gasteiger partial charge is 0.337 e. The summed E-state index contributed by atoms with van der Waals surface area (Å²) in [7, 11) is 0. The molecule has 2 amide bonds. The van der Waals surface area contributed by atoms with Gasteiger partial charge in [-0.05, 0) is 42.8 Å². The summed E-state index contributed by atoms with van der Waals surface area (Å²) in [6.07, 6.45) is 0.570. The third-order valence-corrected chi connectivity index (χ3v) is 5.25. The molecule has 2 aromatic carbocycles. The SMILES string of the molecule is CCC(Sc1cccc(NC(C)=O)c1)C(=O)Nc1ccc(Cl)c(C(=O)O)c1. The van der Waals surface area contributed by atoms with Gasteiger partial charge >= 0.3 is 5.97 Å². The van der Waals surface area contributed by atoms with Gasteiger partial charge in [-0.2, -0.15) is 0 Å². The lowest BCUT2D eigenvalue weighted by Crippen LogP contribution is -2.24. The number of rotatable bonds is 7. The maximum Gasteiger partial charge on any atom is 0.337 e. The van der Waals surface area contributed by atoms with E-state index < -0.39 is 5.97 Å². The van der Waals surface area contributed by atoms with Crippen LogP contribution in [0.5, 0.6) is 0 Å². The molecule has 0 radical (unpaired) electrons. The van der Waals surface area contributed by atoms with E-state index in [-0.39, 0.29) is 27.7 Å². The Labute approximate surface area is 166 Å². The highest BCUT2D eigenvalue weighted by atomic mass is 35.5. The molecule has 6 nitrogen and oxygen atoms in total. The van der Waals surface area contributed by atoms with Crippen molar-refractivity contribution in [1.82, 2.24) is 0 Å². The molecule has 0 fully saturated rings. The molecule has 2 rings (SSSR count). The monoisotopic (exact) mass is 406 g/mol. The molecule has 0 bridgehead atoms. The van der Waals surface area contributed by atoms with Crippen molar-refractivity contribution < 1.29 is 19.5 Å². The Morgan fingerprint density at radius 1 is 1.11 bits per heavy atom. The average molecular weight is 407 g/mol. The van der Waals surface area contributed by atoms with E-state index in [1.807, 2.05) is 13.0 Å². The van der Waals surface area contributed by atoms with Gasteiger partial charge in [0.1, 0.15) is 0 Å². The molecular weight excluding hydrogens is 388 g/mol. The summed E-state index contributed by atoms with van der Waals surface area (Å²) in [5.41, 5.74) is 0.956. The fourth-order valence-electron chi connectivity index (χ4n) is 2.33. The molecule has 0 spiro atoms. The number of anilines is 2. The fourth-order valence-corrected chi connectivity index (χ4v) is 3.54. The fraction of sp³-hybridized carbons (Fsp3) is 0.211. The average Bonchev–Trinajstić information content (AvgIpc) is 2.60. The van der Waals surface area contributed by atoms with Gasteiger partial charge in [-0.3, -0.25) is 9.59 Å². The largest absolute Gasteiger partial charge is 0.478 e. The lowest BCUT2D eigenvalue weighted by atomic mass is 10.2. The first-order valence-corrected chi connectivity index (χ1v) is 9.44. The number of aromatic carboxylic acids is 1. The number of benzene rings is 2. The highest BCUT2D eigenvalue weighted by Gasteiger charge is 2.19. The second-order valence-corrected chi connectivity index (χ2v) is 7.40. The van der Waals surface area contributed by atoms with Gasteiger partial charge in [0.15, 0.2) is 0 Å². The van der Waals surface area contributed by atoms with E-state index >= 15 is 0 Å². The quantitative estimate of drug-likeness (QED) is 0.588. The van der Waals surface area contributed by atoms with Crippen LogP contribution >= 0.6 is 23.4 Å². The summed E-state index contributed by atoms with van der Waals surface area (Å²) in [6, 6.07) is 11.6. The van der Waals surface area contributed by atoms with E-state index in [1.54, 1.807) is 24.3 Å². The van der Waals surface area contributed by atoms with E-state index in [9.17, 15) is 14.4 Å². The van der Waals surface area contributed by atoms with Crippen molar-refractivity contribution in [3.63, 3.8) is 0 Å². The van der Waals surface area contributed by atoms with E-state index in [4.69, 9.17) is 16.7 Å². The van der Waals surface area contributed by atoms with Gasteiger partial charge in [0.2, 0.25) is 11.8 Å². The second kappa shape index (κ2) is 9.43. The Hall–Kier alpha value is -2.51. The van der Waals surface area contributed by atoms with Crippen LogP contribution in [0.3, 0.4) is 0 Å². The van der Waals surface area contributed by atoms with Crippen molar-refractivity contribution in [2.45, 2.75) is 30.4 Å². The number of carboxylic acid groups (broad SMARTS) is 1. The van der Waals surface area contributed by atoms with Crippen molar-refractivity contribution in [1.29, 1.82) is 0 Å². The molecule has 0 saturated carbocycles. The molecule has 3 N–H and O–H groups in total. The molecule has 0 saturated heterocycles. The van der Waals surface area contributed by atoms with Crippen molar-refractivity contribution >= 4 is 52.5 Å². The molecule has 0 heterocycles. The zero-order valence-corrected chi connectivity index (χ0v) is 16.4. The first-order chi connectivity index (χ1) is 12.8. The van der Waals surface area contributed by atoms with Crippen molar-refractivity contribution in [2.24, 2.45) is 0 Å². The van der Waals surface area contributed by atoms with E-state index in [2.05, 4.69) is 10.6 Å². The number of halogens is 1. The van der Waals surface area contributed by atoms with Crippen molar-refractivity contribution in [3.05, 3.63) is 53.1 Å². The standard InChI is InChI=1S/C19H19ClN2O4S/c1-3-17(27-14-6-4-5-12(9-14)21-11(2)23)18(24)22-13-7-8-16(20)15(10-13)19(25)26/h4-10,17H,3H2,1-2H3,(H,21,23)(H,22,24)(H,25,26). The van der Waals surface area contributed by atoms with Crippen LogP contribution in [0.2, 0.25) is 5.02 Å². The van der Waals surface area contributed by atoms with Gasteiger partial charge < -0.3 is 15.7 Å². The number of thioether (sulfide) groups is 1. The third-order valence-electron chi connectivity index (χ3n) is 3.56. The number of carbonyl (C=O) groups excluding carboxylic acids is 2. The Morgan fingerprint density at radius 3 is 2.44 bits per heavy atom. The highest BCUT2D eigenvalue weighted by Crippen LogP contribution is 2.29. The Morgan fingerprint density at radius 2 is 1.81 bits per heavy atom. The molecule has 0 aromatic heterocycles. The van der Waals surface area contributed by atoms with Gasteiger partial charge in [-0.15, -0.1) is 11.8 Å². The normalized spacial score (nSPS) is 11.5. The van der Waals surface area contributed by atoms with Crippen LogP contribution in [0, 0.1) is 0 Å². The zero-order chi connectivity index (χ0) is 20.0. The number of hydrogen-bond donors (Lipinski definition) is 3. The van der Waals surface area contributed by atoms with Crippen molar-refractivity contribution in [3.8, 4) is 0 Å². The molecule has 1 unspecified atom stereocenters. The summed E-state index contributed by atoms with van der Waals surface area (Å²) in [5, 5.41) is 14.3. The number of carbonyl (C=O) groups is 3. The van der Waals surface area contributed by atoms with Crippen LogP contribution in [-0.4, -0.2) is 28.1 Å². The Kier molecular flexibility index (Phi) is 7.27. The predicted molar refractivity (Wildman–Crippen MR) is 108 cm³/mol. The summed E-state index contributed by atoms with van der Waals surface area (Å²) in [5.74, 6) is -1.57. The summed E-state index contributed by atoms with van der Waals surface area (Å²) in [6.45, 7) is 3.32. The molecule has 8 heteroatoms. The highest BCUT2D eigenvalue weighted by molar-refractivity contribution is 8.00. The topological polar surface area (TPSA) is 95.5 Å². The van der Waals surface area contributed by atoms with Crippen molar-refractivity contribution in [2.75, 3.05) is 10.6 Å². The lowest BCUT2D eigenvalue weighted by Gasteiger charge is -2.16. The van der Waals surface area contributed by atoms with Crippen LogP contribution in [0.1, 0.15) is 30.6 Å². The van der Waals surface area contributed by atoms with Gasteiger partial charge in [0, 0.05) is 23.2 Å². The van der Waals surface area contributed by atoms with Crippen LogP contribution < -0.4 is 10.6 Å². The molecule has 0 aliphatic rings. The minimum absolute atomic E-state index is 0.0711. The maximum atomic E-state index is 12.6. The summed E-state index contributed by atoms with van der Waals surface area (Å²) in [4.78, 5) is 35.8. The molecule has 0 aliphatic carbocycles. The number of hydrogen-bond acceptors (Lipinski definition) is 4. The van der Waals surface area contributed by atoms with Crippen LogP contribution in [-0.2, 0) is 9.59 Å². The Balaban J connectivity index is 2.11. The molecular formula is C19H19ClN2O4S. The predicted octanol–water partition coefficient (Wildman–Crippen LogP) is 4.51. The minimum atomic E-state index is -1.16. The van der Waals surface area contributed by atoms with Crippen LogP contribution in [0.25, 0.3) is 0 Å². The Bertz CT molecular complexity index is 873. The lowest BCUT2D eigenvalue weighted by molar-refractivity contribution is -0.116. The molecule has 27 heavy (non-hydrogen) atoms. The van der Waals surface area contributed by atoms with Gasteiger partial charge in [-0.25, -0.2) is 4.79 Å². The number of nitrogens with one attached hydrogen (secondary N) is 2. The second-order valence-electron chi connectivity index (χ2n) is 5.71.